The highest BCUT2D eigenvalue weighted by atomic mass is 19.1. The fraction of sp³-hybridized carbons (Fsp3) is 0.176. The van der Waals surface area contributed by atoms with Gasteiger partial charge in [0, 0.05) is 17.5 Å². The Balaban J connectivity index is 1.91. The van der Waals surface area contributed by atoms with Gasteiger partial charge in [0.15, 0.2) is 0 Å². The number of aromatic amines is 1. The van der Waals surface area contributed by atoms with Gasteiger partial charge >= 0.3 is 0 Å². The number of hydrogen-bond acceptors (Lipinski definition) is 1. The zero-order valence-corrected chi connectivity index (χ0v) is 10.8. The third kappa shape index (κ3) is 1.53. The predicted molar refractivity (Wildman–Crippen MR) is 76.1 cm³/mol. The highest BCUT2D eigenvalue weighted by Crippen LogP contribution is 2.45. The summed E-state index contributed by atoms with van der Waals surface area (Å²) in [6, 6.07) is 13.1. The molecule has 0 fully saturated rings. The smallest absolute Gasteiger partial charge is 0.147 e. The van der Waals surface area contributed by atoms with E-state index >= 15 is 0 Å². The van der Waals surface area contributed by atoms with E-state index in [9.17, 15) is 9.50 Å². The summed E-state index contributed by atoms with van der Waals surface area (Å²) in [5.74, 6) is -0.114. The fourth-order valence-corrected chi connectivity index (χ4v) is 3.33. The first-order valence-electron chi connectivity index (χ1n) is 6.78. The first kappa shape index (κ1) is 11.7. The average molecular weight is 267 g/mol. The van der Waals surface area contributed by atoms with Gasteiger partial charge in [-0.3, -0.25) is 0 Å². The van der Waals surface area contributed by atoms with Crippen molar-refractivity contribution in [3.05, 3.63) is 71.2 Å². The third-order valence-corrected chi connectivity index (χ3v) is 4.26. The molecule has 0 bridgehead atoms. The van der Waals surface area contributed by atoms with Gasteiger partial charge in [-0.2, -0.15) is 0 Å². The lowest BCUT2D eigenvalue weighted by molar-refractivity contribution is 0.176. The fourth-order valence-electron chi connectivity index (χ4n) is 3.33. The van der Waals surface area contributed by atoms with Crippen LogP contribution in [-0.4, -0.2) is 10.1 Å². The van der Waals surface area contributed by atoms with Gasteiger partial charge in [0.1, 0.15) is 5.82 Å². The summed E-state index contributed by atoms with van der Waals surface area (Å²) < 4.78 is 13.8. The normalized spacial score (nSPS) is 21.3. The van der Waals surface area contributed by atoms with Crippen molar-refractivity contribution in [1.29, 1.82) is 0 Å². The monoisotopic (exact) mass is 267 g/mol. The van der Waals surface area contributed by atoms with Gasteiger partial charge in [0.25, 0.3) is 0 Å². The molecule has 2 N–H and O–H groups in total. The summed E-state index contributed by atoms with van der Waals surface area (Å²) in [6.45, 7) is 0. The minimum absolute atomic E-state index is 0.122. The molecule has 3 heteroatoms. The summed E-state index contributed by atoms with van der Waals surface area (Å²) in [6.07, 6.45) is 2.09. The van der Waals surface area contributed by atoms with Crippen LogP contribution in [0.2, 0.25) is 0 Å². The molecule has 0 radical (unpaired) electrons. The highest BCUT2D eigenvalue weighted by molar-refractivity contribution is 5.85. The van der Waals surface area contributed by atoms with Crippen LogP contribution >= 0.6 is 0 Å². The molecule has 3 aromatic rings. The van der Waals surface area contributed by atoms with Gasteiger partial charge in [0.2, 0.25) is 0 Å². The number of aromatic nitrogens is 1. The second-order valence-corrected chi connectivity index (χ2v) is 5.34. The number of aliphatic hydroxyl groups excluding tert-OH is 1. The first-order chi connectivity index (χ1) is 9.75. The number of aliphatic hydroxyl groups is 1. The zero-order chi connectivity index (χ0) is 13.7. The quantitative estimate of drug-likeness (QED) is 0.689. The van der Waals surface area contributed by atoms with E-state index in [1.165, 1.54) is 6.07 Å². The number of hydrogen-bond donors (Lipinski definition) is 2. The maximum Gasteiger partial charge on any atom is 0.147 e. The summed E-state index contributed by atoms with van der Waals surface area (Å²) in [5.41, 5.74) is 3.73. The highest BCUT2D eigenvalue weighted by Gasteiger charge is 2.31. The number of halogens is 1. The predicted octanol–water partition coefficient (Wildman–Crippen LogP) is 3.88. The lowest BCUT2D eigenvalue weighted by atomic mass is 9.93. The summed E-state index contributed by atoms with van der Waals surface area (Å²) >= 11 is 0. The number of H-pyrrole nitrogens is 1. The van der Waals surface area contributed by atoms with E-state index in [1.54, 1.807) is 6.07 Å². The van der Waals surface area contributed by atoms with Gasteiger partial charge in [-0.05, 0) is 29.2 Å². The van der Waals surface area contributed by atoms with Gasteiger partial charge in [0.05, 0.1) is 11.6 Å². The van der Waals surface area contributed by atoms with Crippen LogP contribution in [0, 0.1) is 5.82 Å². The van der Waals surface area contributed by atoms with Crippen LogP contribution in [0.3, 0.4) is 0 Å². The van der Waals surface area contributed by atoms with Gasteiger partial charge in [-0.15, -0.1) is 0 Å². The summed E-state index contributed by atoms with van der Waals surface area (Å²) in [5, 5.41) is 11.1. The Morgan fingerprint density at radius 1 is 1.00 bits per heavy atom. The van der Waals surface area contributed by atoms with Crippen molar-refractivity contribution in [3.8, 4) is 0 Å². The van der Waals surface area contributed by atoms with Crippen molar-refractivity contribution in [2.75, 3.05) is 0 Å². The lowest BCUT2D eigenvalue weighted by Gasteiger charge is -2.10. The molecule has 1 aromatic heterocycles. The molecule has 0 spiro atoms. The van der Waals surface area contributed by atoms with Crippen molar-refractivity contribution in [1.82, 2.24) is 4.98 Å². The molecule has 2 nitrogen and oxygen atoms in total. The van der Waals surface area contributed by atoms with Crippen molar-refractivity contribution in [2.45, 2.75) is 18.4 Å². The zero-order valence-electron chi connectivity index (χ0n) is 10.8. The van der Waals surface area contributed by atoms with E-state index in [2.05, 4.69) is 4.98 Å². The Bertz CT molecular complexity index is 793. The molecule has 1 aliphatic rings. The van der Waals surface area contributed by atoms with Crippen molar-refractivity contribution in [3.63, 3.8) is 0 Å². The molecule has 0 saturated carbocycles. The number of nitrogens with one attached hydrogen (secondary N) is 1. The minimum Gasteiger partial charge on any atom is -0.388 e. The molecule has 0 amide bonds. The number of benzene rings is 2. The van der Waals surface area contributed by atoms with Crippen LogP contribution in [0.5, 0.6) is 0 Å². The van der Waals surface area contributed by atoms with Crippen LogP contribution in [0.4, 0.5) is 4.39 Å². The first-order valence-corrected chi connectivity index (χ1v) is 6.78. The number of para-hydroxylation sites is 1. The largest absolute Gasteiger partial charge is 0.388 e. The molecule has 20 heavy (non-hydrogen) atoms. The van der Waals surface area contributed by atoms with Crippen molar-refractivity contribution < 1.29 is 9.50 Å². The van der Waals surface area contributed by atoms with Crippen molar-refractivity contribution in [2.24, 2.45) is 0 Å². The van der Waals surface area contributed by atoms with Crippen molar-refractivity contribution >= 4 is 10.9 Å². The van der Waals surface area contributed by atoms with E-state index in [0.717, 1.165) is 22.1 Å². The second kappa shape index (κ2) is 4.18. The Morgan fingerprint density at radius 3 is 2.65 bits per heavy atom. The average Bonchev–Trinajstić information content (AvgIpc) is 3.02. The minimum atomic E-state index is -0.435. The van der Waals surface area contributed by atoms with Crippen LogP contribution < -0.4 is 0 Å². The molecule has 100 valence electrons. The van der Waals surface area contributed by atoms with Crippen LogP contribution in [0.15, 0.2) is 48.7 Å². The molecule has 2 aromatic carbocycles. The summed E-state index contributed by atoms with van der Waals surface area (Å²) in [4.78, 5) is 3.02. The molecule has 0 saturated heterocycles. The van der Waals surface area contributed by atoms with Crippen LogP contribution in [-0.2, 0) is 0 Å². The summed E-state index contributed by atoms with van der Waals surface area (Å²) in [7, 11) is 0. The standard InChI is InChI=1S/C17H14FNO/c18-15-7-3-6-12-14(9-19-17(12)15)13-8-16(20)11-5-2-1-4-10(11)13/h1-7,9,13,16,19-20H,8H2/t13-,16+/m1/s1. The molecule has 0 unspecified atom stereocenters. The van der Waals surface area contributed by atoms with E-state index < -0.39 is 6.10 Å². The molecule has 2 atom stereocenters. The topological polar surface area (TPSA) is 36.0 Å². The SMILES string of the molecule is O[C@H]1C[C@@H](c2c[nH]c3c(F)cccc23)c2ccccc21. The molecule has 1 heterocycles. The van der Waals surface area contributed by atoms with E-state index in [0.29, 0.717) is 11.9 Å². The molecule has 0 aliphatic heterocycles. The third-order valence-electron chi connectivity index (χ3n) is 4.26. The Kier molecular flexibility index (Phi) is 2.44. The molecule has 4 rings (SSSR count). The van der Waals surface area contributed by atoms with Gasteiger partial charge in [-0.1, -0.05) is 36.4 Å². The van der Waals surface area contributed by atoms with E-state index in [4.69, 9.17) is 0 Å². The second-order valence-electron chi connectivity index (χ2n) is 5.34. The lowest BCUT2D eigenvalue weighted by Crippen LogP contribution is -1.95. The Labute approximate surface area is 115 Å². The number of fused-ring (bicyclic) bond motifs is 2. The molecular formula is C17H14FNO. The molecular weight excluding hydrogens is 253 g/mol. The Hall–Kier alpha value is -2.13. The van der Waals surface area contributed by atoms with E-state index in [-0.39, 0.29) is 11.7 Å². The van der Waals surface area contributed by atoms with Crippen LogP contribution in [0.1, 0.15) is 35.1 Å². The van der Waals surface area contributed by atoms with Crippen LogP contribution in [0.25, 0.3) is 10.9 Å². The van der Waals surface area contributed by atoms with Gasteiger partial charge < -0.3 is 10.1 Å². The van der Waals surface area contributed by atoms with Gasteiger partial charge in [-0.25, -0.2) is 4.39 Å². The maximum absolute atomic E-state index is 13.8. The molecule has 1 aliphatic carbocycles. The number of rotatable bonds is 1. The Morgan fingerprint density at radius 2 is 1.80 bits per heavy atom. The van der Waals surface area contributed by atoms with E-state index in [1.807, 2.05) is 36.5 Å². The maximum atomic E-state index is 13.8.